The van der Waals surface area contributed by atoms with Gasteiger partial charge in [-0.1, -0.05) is 12.1 Å². The molecule has 0 spiro atoms. The van der Waals surface area contributed by atoms with Crippen LogP contribution in [0.1, 0.15) is 24.1 Å². The van der Waals surface area contributed by atoms with Crippen molar-refractivity contribution in [2.24, 2.45) is 0 Å². The molecule has 1 heterocycles. The lowest BCUT2D eigenvalue weighted by Crippen LogP contribution is -2.48. The minimum atomic E-state index is -4.52. The Morgan fingerprint density at radius 1 is 1.06 bits per heavy atom. The smallest absolute Gasteiger partial charge is 0.416 e. The molecule has 0 aliphatic carbocycles. The SMILES string of the molecule is COC(=O)C1=C(C)N(c2cccc(C(F)(F)F)c2)C(=S)NC1c1ccc(OC)c(OC)c1. The summed E-state index contributed by atoms with van der Waals surface area (Å²) in [5.74, 6) is 0.301. The van der Waals surface area contributed by atoms with Crippen molar-refractivity contribution < 1.29 is 32.2 Å². The number of benzene rings is 2. The Balaban J connectivity index is 2.14. The lowest BCUT2D eigenvalue weighted by molar-refractivity contribution is -0.138. The number of rotatable bonds is 5. The molecule has 170 valence electrons. The van der Waals surface area contributed by atoms with Crippen LogP contribution in [0.4, 0.5) is 18.9 Å². The molecular formula is C22H21F3N2O4S. The van der Waals surface area contributed by atoms with Gasteiger partial charge in [-0.3, -0.25) is 4.90 Å². The first-order valence-corrected chi connectivity index (χ1v) is 9.82. The molecule has 1 atom stereocenters. The zero-order valence-electron chi connectivity index (χ0n) is 17.7. The van der Waals surface area contributed by atoms with E-state index in [0.29, 0.717) is 22.8 Å². The molecule has 2 aromatic rings. The van der Waals surface area contributed by atoms with Crippen molar-refractivity contribution in [2.45, 2.75) is 19.1 Å². The number of ether oxygens (including phenoxy) is 3. The number of methoxy groups -OCH3 is 3. The molecule has 1 N–H and O–H groups in total. The highest BCUT2D eigenvalue weighted by atomic mass is 32.1. The maximum Gasteiger partial charge on any atom is 0.416 e. The van der Waals surface area contributed by atoms with Crippen molar-refractivity contribution in [3.8, 4) is 11.5 Å². The number of thiocarbonyl (C=S) groups is 1. The Kier molecular flexibility index (Phi) is 6.63. The molecule has 10 heteroatoms. The first-order valence-electron chi connectivity index (χ1n) is 9.41. The predicted molar refractivity (Wildman–Crippen MR) is 117 cm³/mol. The van der Waals surface area contributed by atoms with Gasteiger partial charge in [0.2, 0.25) is 0 Å². The third-order valence-corrected chi connectivity index (χ3v) is 5.36. The van der Waals surface area contributed by atoms with E-state index < -0.39 is 23.8 Å². The fraction of sp³-hybridized carbons (Fsp3) is 0.273. The predicted octanol–water partition coefficient (Wildman–Crippen LogP) is 4.61. The van der Waals surface area contributed by atoms with Gasteiger partial charge in [-0.2, -0.15) is 13.2 Å². The number of carbonyl (C=O) groups is 1. The molecule has 2 aromatic carbocycles. The highest BCUT2D eigenvalue weighted by Gasteiger charge is 2.37. The first-order chi connectivity index (χ1) is 15.1. The van der Waals surface area contributed by atoms with Gasteiger partial charge in [-0.05, 0) is 55.0 Å². The van der Waals surface area contributed by atoms with Crippen LogP contribution in [0.3, 0.4) is 0 Å². The van der Waals surface area contributed by atoms with Gasteiger partial charge < -0.3 is 19.5 Å². The number of nitrogens with zero attached hydrogens (tertiary/aromatic N) is 1. The van der Waals surface area contributed by atoms with Crippen molar-refractivity contribution in [3.63, 3.8) is 0 Å². The van der Waals surface area contributed by atoms with Gasteiger partial charge in [0.05, 0.1) is 38.5 Å². The van der Waals surface area contributed by atoms with E-state index in [9.17, 15) is 18.0 Å². The van der Waals surface area contributed by atoms with E-state index in [1.54, 1.807) is 25.1 Å². The van der Waals surface area contributed by atoms with Crippen molar-refractivity contribution >= 4 is 29.0 Å². The third-order valence-electron chi connectivity index (χ3n) is 5.06. The van der Waals surface area contributed by atoms with Gasteiger partial charge in [0, 0.05) is 11.4 Å². The summed E-state index contributed by atoms with van der Waals surface area (Å²) in [5, 5.41) is 3.18. The number of esters is 1. The van der Waals surface area contributed by atoms with E-state index >= 15 is 0 Å². The summed E-state index contributed by atoms with van der Waals surface area (Å²) in [6.07, 6.45) is -4.52. The second-order valence-electron chi connectivity index (χ2n) is 6.87. The molecule has 1 unspecified atom stereocenters. The van der Waals surface area contributed by atoms with Crippen LogP contribution in [0.5, 0.6) is 11.5 Å². The Hall–Kier alpha value is -3.27. The van der Waals surface area contributed by atoms with E-state index in [2.05, 4.69) is 5.32 Å². The minimum Gasteiger partial charge on any atom is -0.493 e. The van der Waals surface area contributed by atoms with Crippen molar-refractivity contribution in [1.82, 2.24) is 5.32 Å². The number of halogens is 3. The first kappa shape index (κ1) is 23.4. The van der Waals surface area contributed by atoms with Crippen LogP contribution in [-0.4, -0.2) is 32.4 Å². The average Bonchev–Trinajstić information content (AvgIpc) is 2.77. The number of hydrogen-bond donors (Lipinski definition) is 1. The van der Waals surface area contributed by atoms with E-state index in [1.807, 2.05) is 0 Å². The Labute approximate surface area is 188 Å². The second-order valence-corrected chi connectivity index (χ2v) is 7.26. The fourth-order valence-corrected chi connectivity index (χ4v) is 3.89. The van der Waals surface area contributed by atoms with Gasteiger partial charge in [0.25, 0.3) is 0 Å². The molecule has 3 rings (SSSR count). The molecule has 0 fully saturated rings. The lowest BCUT2D eigenvalue weighted by atomic mass is 9.94. The fourth-order valence-electron chi connectivity index (χ4n) is 3.53. The monoisotopic (exact) mass is 466 g/mol. The largest absolute Gasteiger partial charge is 0.493 e. The molecule has 0 saturated carbocycles. The van der Waals surface area contributed by atoms with Crippen LogP contribution in [0.25, 0.3) is 0 Å². The number of hydrogen-bond acceptors (Lipinski definition) is 5. The molecule has 1 aliphatic rings. The summed E-state index contributed by atoms with van der Waals surface area (Å²) < 4.78 is 55.3. The maximum absolute atomic E-state index is 13.2. The Morgan fingerprint density at radius 3 is 2.34 bits per heavy atom. The number of allylic oxidation sites excluding steroid dienone is 1. The molecule has 0 aromatic heterocycles. The standard InChI is InChI=1S/C22H21F3N2O4S/c1-12-18(20(28)31-4)19(13-8-9-16(29-2)17(10-13)30-3)26-21(32)27(12)15-7-5-6-14(11-15)22(23,24)25/h5-11,19H,1-4H3,(H,26,32). The number of carbonyl (C=O) groups excluding carboxylic acids is 1. The molecule has 32 heavy (non-hydrogen) atoms. The van der Waals surface area contributed by atoms with Gasteiger partial charge >= 0.3 is 12.1 Å². The van der Waals surface area contributed by atoms with E-state index in [-0.39, 0.29) is 16.4 Å². The molecule has 0 bridgehead atoms. The van der Waals surface area contributed by atoms with Crippen LogP contribution in [0.2, 0.25) is 0 Å². The summed E-state index contributed by atoms with van der Waals surface area (Å²) in [6.45, 7) is 1.60. The van der Waals surface area contributed by atoms with Crippen LogP contribution in [0.15, 0.2) is 53.7 Å². The van der Waals surface area contributed by atoms with E-state index in [4.69, 9.17) is 26.4 Å². The van der Waals surface area contributed by atoms with Crippen molar-refractivity contribution in [2.75, 3.05) is 26.2 Å². The zero-order chi connectivity index (χ0) is 23.6. The maximum atomic E-state index is 13.2. The summed E-state index contributed by atoms with van der Waals surface area (Å²) in [5.41, 5.74) is 0.521. The van der Waals surface area contributed by atoms with Gasteiger partial charge in [0.15, 0.2) is 16.6 Å². The molecule has 1 aliphatic heterocycles. The summed E-state index contributed by atoms with van der Waals surface area (Å²) in [6, 6.07) is 9.11. The highest BCUT2D eigenvalue weighted by Crippen LogP contribution is 2.39. The lowest BCUT2D eigenvalue weighted by Gasteiger charge is -2.37. The molecule has 0 radical (unpaired) electrons. The van der Waals surface area contributed by atoms with Crippen LogP contribution < -0.4 is 19.7 Å². The van der Waals surface area contributed by atoms with Crippen molar-refractivity contribution in [3.05, 3.63) is 64.9 Å². The van der Waals surface area contributed by atoms with Gasteiger partial charge in [-0.25, -0.2) is 4.79 Å². The number of nitrogens with one attached hydrogen (secondary N) is 1. The van der Waals surface area contributed by atoms with Crippen LogP contribution in [0, 0.1) is 0 Å². The Morgan fingerprint density at radius 2 is 1.75 bits per heavy atom. The minimum absolute atomic E-state index is 0.134. The second kappa shape index (κ2) is 9.07. The van der Waals surface area contributed by atoms with Gasteiger partial charge in [0.1, 0.15) is 0 Å². The summed E-state index contributed by atoms with van der Waals surface area (Å²) in [4.78, 5) is 14.1. The molecule has 0 amide bonds. The number of anilines is 1. The zero-order valence-corrected chi connectivity index (χ0v) is 18.6. The Bertz CT molecular complexity index is 1090. The van der Waals surface area contributed by atoms with E-state index in [0.717, 1.165) is 12.1 Å². The van der Waals surface area contributed by atoms with Crippen molar-refractivity contribution in [1.29, 1.82) is 0 Å². The molecule has 0 saturated heterocycles. The summed E-state index contributed by atoms with van der Waals surface area (Å²) >= 11 is 5.48. The van der Waals surface area contributed by atoms with E-state index in [1.165, 1.54) is 38.4 Å². The topological polar surface area (TPSA) is 60.0 Å². The van der Waals surface area contributed by atoms with Crippen LogP contribution >= 0.6 is 12.2 Å². The number of alkyl halides is 3. The summed E-state index contributed by atoms with van der Waals surface area (Å²) in [7, 11) is 4.22. The normalized spacial score (nSPS) is 16.5. The highest BCUT2D eigenvalue weighted by molar-refractivity contribution is 7.80. The van der Waals surface area contributed by atoms with Crippen LogP contribution in [-0.2, 0) is 15.7 Å². The average molecular weight is 466 g/mol. The molecule has 6 nitrogen and oxygen atoms in total. The van der Waals surface area contributed by atoms with Gasteiger partial charge in [-0.15, -0.1) is 0 Å². The third kappa shape index (κ3) is 4.36. The quantitative estimate of drug-likeness (QED) is 0.510. The molecular weight excluding hydrogens is 445 g/mol.